The normalized spacial score (nSPS) is 21.6. The van der Waals surface area contributed by atoms with Crippen LogP contribution in [0.4, 0.5) is 8.78 Å². The third-order valence-corrected chi connectivity index (χ3v) is 6.74. The predicted molar refractivity (Wildman–Crippen MR) is 139 cm³/mol. The van der Waals surface area contributed by atoms with Crippen molar-refractivity contribution in [2.24, 2.45) is 0 Å². The molecule has 4 rings (SSSR count). The summed E-state index contributed by atoms with van der Waals surface area (Å²) in [6.07, 6.45) is 3.77. The van der Waals surface area contributed by atoms with Crippen LogP contribution in [0.3, 0.4) is 0 Å². The molecule has 1 fully saturated rings. The smallest absolute Gasteiger partial charge is 0.213 e. The van der Waals surface area contributed by atoms with Crippen molar-refractivity contribution in [2.45, 2.75) is 56.1 Å². The lowest BCUT2D eigenvalue weighted by atomic mass is 9.91. The predicted octanol–water partition coefficient (Wildman–Crippen LogP) is 2.78. The van der Waals surface area contributed by atoms with E-state index in [9.17, 15) is 24.1 Å². The Bertz CT molecular complexity index is 1240. The fourth-order valence-electron chi connectivity index (χ4n) is 4.74. The third kappa shape index (κ3) is 7.09. The third-order valence-electron chi connectivity index (χ3n) is 6.74. The number of benzene rings is 1. The van der Waals surface area contributed by atoms with Crippen molar-refractivity contribution in [3.05, 3.63) is 71.4 Å². The van der Waals surface area contributed by atoms with Gasteiger partial charge in [0.25, 0.3) is 0 Å². The molecule has 10 heteroatoms. The van der Waals surface area contributed by atoms with Gasteiger partial charge in [-0.1, -0.05) is 12.2 Å². The molecule has 0 bridgehead atoms. The Hall–Kier alpha value is -3.02. The number of fused-ring (bicyclic) bond motifs is 1. The molecule has 0 radical (unpaired) electrons. The van der Waals surface area contributed by atoms with E-state index in [-0.39, 0.29) is 18.0 Å². The van der Waals surface area contributed by atoms with Crippen molar-refractivity contribution in [1.82, 2.24) is 15.3 Å². The minimum Gasteiger partial charge on any atom is -0.481 e. The molecule has 3 heterocycles. The molecular weight excluding hydrogens is 496 g/mol. The first-order valence-corrected chi connectivity index (χ1v) is 12.6. The number of aliphatic hydroxyl groups is 3. The molecule has 8 nitrogen and oxygen atoms in total. The first-order valence-electron chi connectivity index (χ1n) is 12.6. The van der Waals surface area contributed by atoms with E-state index >= 15 is 0 Å². The van der Waals surface area contributed by atoms with E-state index in [1.165, 1.54) is 13.2 Å². The Kier molecular flexibility index (Phi) is 9.70. The zero-order chi connectivity index (χ0) is 27.1. The van der Waals surface area contributed by atoms with Crippen molar-refractivity contribution in [3.8, 4) is 5.88 Å². The number of nitrogens with zero attached hydrogens (tertiary/aromatic N) is 2. The first kappa shape index (κ1) is 28.0. The van der Waals surface area contributed by atoms with Crippen LogP contribution in [0.15, 0.2) is 48.7 Å². The van der Waals surface area contributed by atoms with Crippen LogP contribution >= 0.6 is 0 Å². The number of hydrogen-bond donors (Lipinski definition) is 4. The summed E-state index contributed by atoms with van der Waals surface area (Å²) in [6.45, 7) is -0.0471. The van der Waals surface area contributed by atoms with Gasteiger partial charge in [0.05, 0.1) is 49.2 Å². The summed E-state index contributed by atoms with van der Waals surface area (Å²) >= 11 is 0. The van der Waals surface area contributed by atoms with Crippen molar-refractivity contribution in [1.29, 1.82) is 0 Å². The molecule has 0 spiro atoms. The highest BCUT2D eigenvalue weighted by atomic mass is 19.1. The van der Waals surface area contributed by atoms with Gasteiger partial charge in [0.15, 0.2) is 0 Å². The maximum absolute atomic E-state index is 13.8. The molecule has 5 atom stereocenters. The average molecular weight is 530 g/mol. The number of rotatable bonds is 11. The van der Waals surface area contributed by atoms with Gasteiger partial charge in [0.2, 0.25) is 5.88 Å². The van der Waals surface area contributed by atoms with Crippen LogP contribution in [0.5, 0.6) is 5.88 Å². The molecular formula is C28H33F2N3O5. The lowest BCUT2D eigenvalue weighted by Gasteiger charge is -2.39. The molecule has 1 aromatic carbocycles. The molecule has 204 valence electrons. The number of methoxy groups -OCH3 is 1. The summed E-state index contributed by atoms with van der Waals surface area (Å²) in [5, 5.41) is 33.9. The van der Waals surface area contributed by atoms with Crippen molar-refractivity contribution in [2.75, 3.05) is 20.3 Å². The lowest BCUT2D eigenvalue weighted by molar-refractivity contribution is -0.130. The second-order valence-electron chi connectivity index (χ2n) is 9.41. The summed E-state index contributed by atoms with van der Waals surface area (Å²) < 4.78 is 38.7. The molecule has 1 aliphatic heterocycles. The Morgan fingerprint density at radius 3 is 2.82 bits per heavy atom. The molecule has 3 aromatic rings. The van der Waals surface area contributed by atoms with Gasteiger partial charge in [0.1, 0.15) is 11.6 Å². The zero-order valence-electron chi connectivity index (χ0n) is 21.1. The quantitative estimate of drug-likeness (QED) is 0.300. The van der Waals surface area contributed by atoms with Gasteiger partial charge in [-0.3, -0.25) is 4.98 Å². The molecule has 4 N–H and O–H groups in total. The fraction of sp³-hybridized carbons (Fsp3) is 0.429. The standard InChI is InChI=1S/C28H33F2N3O5/c1-37-27-9-7-23-28(33-27)18(10-12-32-23)14-24(36)25-8-6-22(26(38-25)15-20(35)16-34)31-11-2-3-17-13-19(29)4-5-21(17)30/h2-5,7,9-10,12-13,20,22,24-26,31,34-36H,6,8,11,14-16H2,1H3/t20-,22-,24+,25+,26-/m1/s1. The van der Waals surface area contributed by atoms with Crippen LogP contribution in [0.1, 0.15) is 30.4 Å². The maximum Gasteiger partial charge on any atom is 0.213 e. The van der Waals surface area contributed by atoms with E-state index in [2.05, 4.69) is 15.3 Å². The Balaban J connectivity index is 1.40. The number of halogens is 2. The van der Waals surface area contributed by atoms with Gasteiger partial charge in [-0.2, -0.15) is 0 Å². The summed E-state index contributed by atoms with van der Waals surface area (Å²) in [4.78, 5) is 8.81. The van der Waals surface area contributed by atoms with Gasteiger partial charge in [-0.15, -0.1) is 0 Å². The molecule has 1 saturated heterocycles. The van der Waals surface area contributed by atoms with Crippen LogP contribution in [0.2, 0.25) is 0 Å². The highest BCUT2D eigenvalue weighted by molar-refractivity contribution is 5.78. The van der Waals surface area contributed by atoms with Gasteiger partial charge >= 0.3 is 0 Å². The molecule has 0 amide bonds. The number of ether oxygens (including phenoxy) is 2. The summed E-state index contributed by atoms with van der Waals surface area (Å²) in [5.74, 6) is -0.576. The van der Waals surface area contributed by atoms with Gasteiger partial charge < -0.3 is 30.1 Å². The number of hydrogen-bond acceptors (Lipinski definition) is 8. The Labute approximate surface area is 220 Å². The van der Waals surface area contributed by atoms with E-state index < -0.39 is 42.7 Å². The van der Waals surface area contributed by atoms with Crippen LogP contribution in [-0.4, -0.2) is 76.0 Å². The number of aromatic nitrogens is 2. The second-order valence-corrected chi connectivity index (χ2v) is 9.41. The largest absolute Gasteiger partial charge is 0.481 e. The van der Waals surface area contributed by atoms with Crippen molar-refractivity contribution in [3.63, 3.8) is 0 Å². The zero-order valence-corrected chi connectivity index (χ0v) is 21.1. The maximum atomic E-state index is 13.8. The SMILES string of the molecule is COc1ccc2nccc(C[C@H](O)[C@@H]3CC[C@@H](NCC=Cc4cc(F)ccc4F)[C@@H](C[C@@H](O)CO)O3)c2n1. The molecule has 0 saturated carbocycles. The van der Waals surface area contributed by atoms with Crippen molar-refractivity contribution < 1.29 is 33.6 Å². The Morgan fingerprint density at radius 1 is 1.18 bits per heavy atom. The number of aliphatic hydroxyl groups excluding tert-OH is 3. The van der Waals surface area contributed by atoms with Crippen LogP contribution in [0, 0.1) is 11.6 Å². The van der Waals surface area contributed by atoms with E-state index in [4.69, 9.17) is 9.47 Å². The van der Waals surface area contributed by atoms with Gasteiger partial charge in [-0.05, 0) is 48.7 Å². The van der Waals surface area contributed by atoms with Crippen LogP contribution in [0.25, 0.3) is 17.1 Å². The highest BCUT2D eigenvalue weighted by Gasteiger charge is 2.35. The monoisotopic (exact) mass is 529 g/mol. The number of pyridine rings is 2. The van der Waals surface area contributed by atoms with Crippen LogP contribution in [-0.2, 0) is 11.2 Å². The highest BCUT2D eigenvalue weighted by Crippen LogP contribution is 2.28. The summed E-state index contributed by atoms with van der Waals surface area (Å²) in [6, 6.07) is 8.45. The van der Waals surface area contributed by atoms with E-state index in [0.29, 0.717) is 42.7 Å². The molecule has 1 aliphatic rings. The van der Waals surface area contributed by atoms with Crippen LogP contribution < -0.4 is 10.1 Å². The molecule has 0 unspecified atom stereocenters. The number of nitrogens with one attached hydrogen (secondary N) is 1. The van der Waals surface area contributed by atoms with Gasteiger partial charge in [-0.25, -0.2) is 13.8 Å². The lowest BCUT2D eigenvalue weighted by Crippen LogP contribution is -2.51. The topological polar surface area (TPSA) is 117 Å². The summed E-state index contributed by atoms with van der Waals surface area (Å²) in [5.41, 5.74) is 2.30. The van der Waals surface area contributed by atoms with Gasteiger partial charge in [0, 0.05) is 43.3 Å². The van der Waals surface area contributed by atoms with E-state index in [1.807, 2.05) is 12.1 Å². The van der Waals surface area contributed by atoms with E-state index in [1.54, 1.807) is 18.3 Å². The molecule has 0 aliphatic carbocycles. The minimum atomic E-state index is -0.974. The minimum absolute atomic E-state index is 0.151. The summed E-state index contributed by atoms with van der Waals surface area (Å²) in [7, 11) is 1.54. The van der Waals surface area contributed by atoms with Crippen molar-refractivity contribution >= 4 is 17.1 Å². The fourth-order valence-corrected chi connectivity index (χ4v) is 4.74. The average Bonchev–Trinajstić information content (AvgIpc) is 2.93. The van der Waals surface area contributed by atoms with E-state index in [0.717, 1.165) is 23.8 Å². The molecule has 2 aromatic heterocycles. The second kappa shape index (κ2) is 13.2. The molecule has 38 heavy (non-hydrogen) atoms. The first-order chi connectivity index (χ1) is 18.4. The Morgan fingerprint density at radius 2 is 2.03 bits per heavy atom.